The second-order valence-electron chi connectivity index (χ2n) is 8.09. The molecule has 0 bridgehead atoms. The molecule has 1 amide bonds. The Hall–Kier alpha value is -4.12. The Kier molecular flexibility index (Phi) is 5.56. The largest absolute Gasteiger partial charge is 0.497 e. The van der Waals surface area contributed by atoms with Crippen LogP contribution in [0.3, 0.4) is 0 Å². The van der Waals surface area contributed by atoms with Crippen LogP contribution in [-0.4, -0.2) is 42.4 Å². The number of nitrogens with zero attached hydrogens (tertiary/aromatic N) is 6. The maximum atomic E-state index is 13.5. The van der Waals surface area contributed by atoms with E-state index in [4.69, 9.17) is 20.8 Å². The lowest BCUT2D eigenvalue weighted by Gasteiger charge is -2.20. The molecule has 1 atom stereocenters. The number of furan rings is 1. The highest BCUT2D eigenvalue weighted by Crippen LogP contribution is 2.34. The molecule has 0 aliphatic carbocycles. The van der Waals surface area contributed by atoms with Gasteiger partial charge in [0.2, 0.25) is 5.28 Å². The average Bonchev–Trinajstić information content (AvgIpc) is 3.61. The van der Waals surface area contributed by atoms with E-state index in [2.05, 4.69) is 10.1 Å². The summed E-state index contributed by atoms with van der Waals surface area (Å²) in [6, 6.07) is 10.4. The topological polar surface area (TPSA) is 117 Å². The van der Waals surface area contributed by atoms with Crippen molar-refractivity contribution in [3.63, 3.8) is 0 Å². The second kappa shape index (κ2) is 8.58. The molecule has 4 heterocycles. The lowest BCUT2D eigenvalue weighted by atomic mass is 10.0. The fourth-order valence-electron chi connectivity index (χ4n) is 4.17. The van der Waals surface area contributed by atoms with Crippen LogP contribution in [0.4, 0.5) is 0 Å². The van der Waals surface area contributed by atoms with Crippen molar-refractivity contribution < 1.29 is 13.9 Å². The molecule has 0 radical (unpaired) electrons. The Morgan fingerprint density at radius 2 is 1.91 bits per heavy atom. The molecular formula is C23H21ClN6O5. The smallest absolute Gasteiger partial charge is 0.332 e. The molecule has 4 aromatic rings. The Labute approximate surface area is 203 Å². The van der Waals surface area contributed by atoms with E-state index in [1.807, 2.05) is 24.3 Å². The number of carbonyl (C=O) groups excluding carboxylic acids is 1. The van der Waals surface area contributed by atoms with E-state index in [-0.39, 0.29) is 23.0 Å². The highest BCUT2D eigenvalue weighted by molar-refractivity contribution is 6.29. The van der Waals surface area contributed by atoms with Crippen molar-refractivity contribution in [1.29, 1.82) is 0 Å². The van der Waals surface area contributed by atoms with Gasteiger partial charge in [0, 0.05) is 20.5 Å². The summed E-state index contributed by atoms with van der Waals surface area (Å²) in [7, 11) is 4.43. The molecule has 0 saturated heterocycles. The van der Waals surface area contributed by atoms with E-state index >= 15 is 0 Å². The average molecular weight is 497 g/mol. The molecule has 0 spiro atoms. The molecule has 0 N–H and O–H groups in total. The van der Waals surface area contributed by atoms with Gasteiger partial charge in [-0.25, -0.2) is 9.80 Å². The van der Waals surface area contributed by atoms with Gasteiger partial charge < -0.3 is 9.15 Å². The fourth-order valence-corrected chi connectivity index (χ4v) is 4.40. The maximum absolute atomic E-state index is 13.5. The summed E-state index contributed by atoms with van der Waals surface area (Å²) in [5.41, 5.74) is 0.557. The summed E-state index contributed by atoms with van der Waals surface area (Å²) in [5, 5.41) is 5.85. The van der Waals surface area contributed by atoms with Gasteiger partial charge in [0.05, 0.1) is 19.1 Å². The number of carbonyl (C=O) groups is 1. The third-order valence-electron chi connectivity index (χ3n) is 6.06. The minimum Gasteiger partial charge on any atom is -0.497 e. The van der Waals surface area contributed by atoms with E-state index in [1.165, 1.54) is 34.5 Å². The lowest BCUT2D eigenvalue weighted by Crippen LogP contribution is -2.38. The van der Waals surface area contributed by atoms with Crippen molar-refractivity contribution in [2.45, 2.75) is 19.0 Å². The molecule has 1 aromatic carbocycles. The summed E-state index contributed by atoms with van der Waals surface area (Å²) >= 11 is 6.31. The first-order valence-electron chi connectivity index (χ1n) is 10.7. The predicted octanol–water partition coefficient (Wildman–Crippen LogP) is 2.07. The number of ether oxygens (including phenoxy) is 1. The standard InChI is InChI=1S/C23H21ClN6O5/c1-27-20-19(21(32)28(2)23(27)33)29(22(24)25-20)12-18(31)30-16(17-5-4-10-35-17)11-15(26-30)13-6-8-14(34-3)9-7-13/h4-10,16H,11-12H2,1-3H3/t16-/m0/s1. The number of amides is 1. The van der Waals surface area contributed by atoms with Crippen LogP contribution < -0.4 is 16.0 Å². The highest BCUT2D eigenvalue weighted by Gasteiger charge is 2.35. The number of methoxy groups -OCH3 is 1. The Morgan fingerprint density at radius 1 is 1.17 bits per heavy atom. The predicted molar refractivity (Wildman–Crippen MR) is 128 cm³/mol. The van der Waals surface area contributed by atoms with Gasteiger partial charge in [0.15, 0.2) is 11.2 Å². The molecule has 0 saturated carbocycles. The van der Waals surface area contributed by atoms with Gasteiger partial charge in [0.1, 0.15) is 24.1 Å². The van der Waals surface area contributed by atoms with Gasteiger partial charge in [-0.1, -0.05) is 0 Å². The van der Waals surface area contributed by atoms with Crippen molar-refractivity contribution in [3.05, 3.63) is 80.1 Å². The van der Waals surface area contributed by atoms with E-state index in [9.17, 15) is 14.4 Å². The third kappa shape index (κ3) is 3.73. The molecule has 5 rings (SSSR count). The third-order valence-corrected chi connectivity index (χ3v) is 6.34. The molecule has 1 aliphatic rings. The first kappa shape index (κ1) is 22.7. The molecule has 11 nitrogen and oxygen atoms in total. The molecule has 1 aliphatic heterocycles. The number of hydrazone groups is 1. The van der Waals surface area contributed by atoms with E-state index < -0.39 is 23.2 Å². The number of imidazole rings is 1. The SMILES string of the molecule is COc1ccc(C2=NN(C(=O)Cn3c(Cl)nc4c3c(=O)n(C)c(=O)n4C)[C@H](c3ccco3)C2)cc1. The number of hydrogen-bond donors (Lipinski definition) is 0. The normalized spacial score (nSPS) is 15.6. The Balaban J connectivity index is 1.54. The zero-order valence-electron chi connectivity index (χ0n) is 19.1. The van der Waals surface area contributed by atoms with Crippen molar-refractivity contribution in [3.8, 4) is 5.75 Å². The van der Waals surface area contributed by atoms with E-state index in [1.54, 1.807) is 19.2 Å². The molecule has 0 unspecified atom stereocenters. The van der Waals surface area contributed by atoms with Crippen molar-refractivity contribution in [2.75, 3.05) is 7.11 Å². The highest BCUT2D eigenvalue weighted by atomic mass is 35.5. The molecular weight excluding hydrogens is 476 g/mol. The monoisotopic (exact) mass is 496 g/mol. The Morgan fingerprint density at radius 3 is 2.57 bits per heavy atom. The van der Waals surface area contributed by atoms with Gasteiger partial charge in [0.25, 0.3) is 11.5 Å². The van der Waals surface area contributed by atoms with Crippen LogP contribution >= 0.6 is 11.6 Å². The van der Waals surface area contributed by atoms with Crippen LogP contribution in [0.15, 0.2) is 61.8 Å². The summed E-state index contributed by atoms with van der Waals surface area (Å²) in [4.78, 5) is 42.8. The first-order chi connectivity index (χ1) is 16.8. The number of hydrogen-bond acceptors (Lipinski definition) is 7. The van der Waals surface area contributed by atoms with Crippen LogP contribution in [0.5, 0.6) is 5.75 Å². The molecule has 0 fully saturated rings. The molecule has 12 heteroatoms. The second-order valence-corrected chi connectivity index (χ2v) is 8.43. The zero-order valence-corrected chi connectivity index (χ0v) is 19.9. The molecule has 3 aromatic heterocycles. The van der Waals surface area contributed by atoms with Crippen LogP contribution in [0.1, 0.15) is 23.8 Å². The van der Waals surface area contributed by atoms with Crippen molar-refractivity contribution >= 4 is 34.4 Å². The number of rotatable bonds is 5. The van der Waals surface area contributed by atoms with Crippen LogP contribution in [-0.2, 0) is 25.4 Å². The Bertz CT molecular complexity index is 1580. The quantitative estimate of drug-likeness (QED) is 0.390. The van der Waals surface area contributed by atoms with Gasteiger partial charge in [-0.05, 0) is 53.6 Å². The summed E-state index contributed by atoms with van der Waals surface area (Å²) < 4.78 is 14.3. The number of fused-ring (bicyclic) bond motifs is 1. The summed E-state index contributed by atoms with van der Waals surface area (Å²) in [5.74, 6) is 0.859. The number of aryl methyl sites for hydroxylation is 1. The van der Waals surface area contributed by atoms with Gasteiger partial charge in [-0.2, -0.15) is 10.1 Å². The summed E-state index contributed by atoms with van der Waals surface area (Å²) in [6.45, 7) is -0.306. The lowest BCUT2D eigenvalue weighted by molar-refractivity contribution is -0.133. The van der Waals surface area contributed by atoms with Crippen LogP contribution in [0, 0.1) is 0 Å². The minimum atomic E-state index is -0.596. The van der Waals surface area contributed by atoms with Gasteiger partial charge in [-0.15, -0.1) is 0 Å². The maximum Gasteiger partial charge on any atom is 0.332 e. The van der Waals surface area contributed by atoms with Gasteiger partial charge in [-0.3, -0.25) is 23.3 Å². The fraction of sp³-hybridized carbons (Fsp3) is 0.261. The van der Waals surface area contributed by atoms with Crippen LogP contribution in [0.25, 0.3) is 11.2 Å². The summed E-state index contributed by atoms with van der Waals surface area (Å²) in [6.07, 6.45) is 1.97. The van der Waals surface area contributed by atoms with E-state index in [0.29, 0.717) is 23.6 Å². The molecule has 180 valence electrons. The van der Waals surface area contributed by atoms with E-state index in [0.717, 1.165) is 10.1 Å². The van der Waals surface area contributed by atoms with Gasteiger partial charge >= 0.3 is 5.69 Å². The number of benzene rings is 1. The number of aromatic nitrogens is 4. The van der Waals surface area contributed by atoms with Crippen molar-refractivity contribution in [1.82, 2.24) is 23.7 Å². The van der Waals surface area contributed by atoms with Crippen molar-refractivity contribution in [2.24, 2.45) is 19.2 Å². The first-order valence-corrected chi connectivity index (χ1v) is 11.1. The molecule has 35 heavy (non-hydrogen) atoms. The zero-order chi connectivity index (χ0) is 24.9. The number of halogens is 1. The van der Waals surface area contributed by atoms with Crippen LogP contribution in [0.2, 0.25) is 5.28 Å². The minimum absolute atomic E-state index is 0.0565.